The number of hydrogen-bond donors (Lipinski definition) is 0. The minimum atomic E-state index is -4.87. The normalized spacial score (nSPS) is 23.1. The van der Waals surface area contributed by atoms with Crippen LogP contribution in [-0.2, 0) is 19.1 Å². The zero-order chi connectivity index (χ0) is 13.4. The van der Waals surface area contributed by atoms with E-state index in [1.54, 1.807) is 13.8 Å². The Hall–Kier alpha value is -1.53. The smallest absolute Gasteiger partial charge is 0.422 e. The summed E-state index contributed by atoms with van der Waals surface area (Å²) in [6, 6.07) is 0. The lowest BCUT2D eigenvalue weighted by Gasteiger charge is -2.14. The molecule has 17 heavy (non-hydrogen) atoms. The van der Waals surface area contributed by atoms with Gasteiger partial charge >= 0.3 is 18.1 Å². The summed E-state index contributed by atoms with van der Waals surface area (Å²) in [5, 5.41) is 0. The van der Waals surface area contributed by atoms with Crippen LogP contribution in [0.4, 0.5) is 13.2 Å². The number of cyclic esters (lactones) is 1. The molecule has 1 saturated heterocycles. The standard InChI is InChI=1S/C10H11F3O4/c1-5(10(11,12)13)7(14)16-6-4-9(2,3)17-8(6)15/h6H,1,4H2,2-3H3. The molecule has 1 atom stereocenters. The predicted molar refractivity (Wildman–Crippen MR) is 49.9 cm³/mol. The number of halogens is 3. The number of carbonyl (C=O) groups is 2. The van der Waals surface area contributed by atoms with Crippen LogP contribution in [0.15, 0.2) is 12.2 Å². The molecule has 0 N–H and O–H groups in total. The maximum Gasteiger partial charge on any atom is 0.422 e. The molecule has 1 rings (SSSR count). The average Bonchev–Trinajstić information content (AvgIpc) is 2.36. The first-order valence-electron chi connectivity index (χ1n) is 4.73. The molecule has 1 heterocycles. The second-order valence-corrected chi connectivity index (χ2v) is 4.26. The van der Waals surface area contributed by atoms with Crippen molar-refractivity contribution in [2.45, 2.75) is 38.1 Å². The number of hydrogen-bond acceptors (Lipinski definition) is 4. The maximum absolute atomic E-state index is 12.1. The van der Waals surface area contributed by atoms with E-state index < -0.39 is 35.4 Å². The molecular formula is C10H11F3O4. The first-order chi connectivity index (χ1) is 7.53. The van der Waals surface area contributed by atoms with Crippen LogP contribution in [0.2, 0.25) is 0 Å². The number of ether oxygens (including phenoxy) is 2. The van der Waals surface area contributed by atoms with Crippen molar-refractivity contribution in [3.05, 3.63) is 12.2 Å². The second kappa shape index (κ2) is 4.05. The van der Waals surface area contributed by atoms with Gasteiger partial charge in [0.15, 0.2) is 0 Å². The molecule has 0 bridgehead atoms. The van der Waals surface area contributed by atoms with E-state index >= 15 is 0 Å². The molecule has 0 spiro atoms. The van der Waals surface area contributed by atoms with E-state index in [0.29, 0.717) is 0 Å². The molecule has 0 aromatic heterocycles. The van der Waals surface area contributed by atoms with Crippen molar-refractivity contribution in [2.24, 2.45) is 0 Å². The van der Waals surface area contributed by atoms with Crippen LogP contribution < -0.4 is 0 Å². The Labute approximate surface area is 95.4 Å². The SMILES string of the molecule is C=C(C(=O)OC1CC(C)(C)OC1=O)C(F)(F)F. The summed E-state index contributed by atoms with van der Waals surface area (Å²) in [6.07, 6.45) is -6.16. The summed E-state index contributed by atoms with van der Waals surface area (Å²) in [7, 11) is 0. The van der Waals surface area contributed by atoms with Crippen LogP contribution in [0.5, 0.6) is 0 Å². The highest BCUT2D eigenvalue weighted by Crippen LogP contribution is 2.30. The van der Waals surface area contributed by atoms with Gasteiger partial charge < -0.3 is 9.47 Å². The molecule has 0 saturated carbocycles. The van der Waals surface area contributed by atoms with Crippen molar-refractivity contribution < 1.29 is 32.2 Å². The van der Waals surface area contributed by atoms with Crippen LogP contribution in [0.25, 0.3) is 0 Å². The molecule has 0 aromatic rings. The monoisotopic (exact) mass is 252 g/mol. The van der Waals surface area contributed by atoms with Crippen molar-refractivity contribution in [3.63, 3.8) is 0 Å². The van der Waals surface area contributed by atoms with E-state index in [4.69, 9.17) is 4.74 Å². The molecule has 1 fully saturated rings. The largest absolute Gasteiger partial charge is 0.457 e. The molecule has 7 heteroatoms. The number of carbonyl (C=O) groups excluding carboxylic acids is 2. The quantitative estimate of drug-likeness (QED) is 0.555. The van der Waals surface area contributed by atoms with Gasteiger partial charge in [-0.25, -0.2) is 9.59 Å². The van der Waals surface area contributed by atoms with Gasteiger partial charge in [-0.15, -0.1) is 0 Å². The molecule has 0 aliphatic carbocycles. The minimum absolute atomic E-state index is 0.0166. The summed E-state index contributed by atoms with van der Waals surface area (Å²) < 4.78 is 45.5. The molecular weight excluding hydrogens is 241 g/mol. The summed E-state index contributed by atoms with van der Waals surface area (Å²) in [4.78, 5) is 22.2. The van der Waals surface area contributed by atoms with Gasteiger partial charge in [-0.05, 0) is 13.8 Å². The van der Waals surface area contributed by atoms with Gasteiger partial charge in [0.05, 0.1) is 0 Å². The lowest BCUT2D eigenvalue weighted by molar-refractivity contribution is -0.165. The fraction of sp³-hybridized carbons (Fsp3) is 0.600. The van der Waals surface area contributed by atoms with Gasteiger partial charge in [0.2, 0.25) is 6.10 Å². The third kappa shape index (κ3) is 3.21. The predicted octanol–water partition coefficient (Wildman–Crippen LogP) is 1.74. The topological polar surface area (TPSA) is 52.6 Å². The van der Waals surface area contributed by atoms with Crippen LogP contribution in [0.1, 0.15) is 20.3 Å². The summed E-state index contributed by atoms with van der Waals surface area (Å²) in [6.45, 7) is 5.71. The van der Waals surface area contributed by atoms with Crippen molar-refractivity contribution in [1.82, 2.24) is 0 Å². The van der Waals surface area contributed by atoms with Crippen LogP contribution >= 0.6 is 0 Å². The highest BCUT2D eigenvalue weighted by molar-refractivity contribution is 5.91. The molecule has 96 valence electrons. The van der Waals surface area contributed by atoms with Gasteiger partial charge in [-0.3, -0.25) is 0 Å². The van der Waals surface area contributed by atoms with Crippen molar-refractivity contribution in [3.8, 4) is 0 Å². The number of rotatable bonds is 2. The van der Waals surface area contributed by atoms with Gasteiger partial charge in [-0.2, -0.15) is 13.2 Å². The van der Waals surface area contributed by atoms with E-state index in [-0.39, 0.29) is 6.42 Å². The molecule has 0 radical (unpaired) electrons. The van der Waals surface area contributed by atoms with Crippen molar-refractivity contribution in [1.29, 1.82) is 0 Å². The summed E-state index contributed by atoms with van der Waals surface area (Å²) in [5.41, 5.74) is -2.49. The Morgan fingerprint density at radius 2 is 2.06 bits per heavy atom. The highest BCUT2D eigenvalue weighted by atomic mass is 19.4. The van der Waals surface area contributed by atoms with E-state index in [9.17, 15) is 22.8 Å². The van der Waals surface area contributed by atoms with Gasteiger partial charge in [-0.1, -0.05) is 6.58 Å². The highest BCUT2D eigenvalue weighted by Gasteiger charge is 2.45. The number of esters is 2. The molecule has 1 unspecified atom stereocenters. The minimum Gasteiger partial charge on any atom is -0.457 e. The second-order valence-electron chi connectivity index (χ2n) is 4.26. The third-order valence-corrected chi connectivity index (χ3v) is 2.15. The van der Waals surface area contributed by atoms with E-state index in [2.05, 4.69) is 11.3 Å². The molecule has 1 aliphatic rings. The maximum atomic E-state index is 12.1. The first-order valence-corrected chi connectivity index (χ1v) is 4.73. The molecule has 4 nitrogen and oxygen atoms in total. The summed E-state index contributed by atoms with van der Waals surface area (Å²) >= 11 is 0. The van der Waals surface area contributed by atoms with Gasteiger partial charge in [0.1, 0.15) is 11.2 Å². The molecule has 0 amide bonds. The first kappa shape index (κ1) is 13.5. The van der Waals surface area contributed by atoms with Crippen molar-refractivity contribution in [2.75, 3.05) is 0 Å². The van der Waals surface area contributed by atoms with E-state index in [1.165, 1.54) is 0 Å². The zero-order valence-corrected chi connectivity index (χ0v) is 9.26. The van der Waals surface area contributed by atoms with Crippen LogP contribution in [0, 0.1) is 0 Å². The average molecular weight is 252 g/mol. The third-order valence-electron chi connectivity index (χ3n) is 2.15. The number of alkyl halides is 3. The Kier molecular flexibility index (Phi) is 3.22. The van der Waals surface area contributed by atoms with E-state index in [1.807, 2.05) is 0 Å². The lowest BCUT2D eigenvalue weighted by Crippen LogP contribution is -2.28. The van der Waals surface area contributed by atoms with Crippen molar-refractivity contribution >= 4 is 11.9 Å². The zero-order valence-electron chi connectivity index (χ0n) is 9.26. The lowest BCUT2D eigenvalue weighted by atomic mass is 10.0. The Bertz CT molecular complexity index is 370. The summed E-state index contributed by atoms with van der Waals surface area (Å²) in [5.74, 6) is -2.50. The Morgan fingerprint density at radius 3 is 2.41 bits per heavy atom. The fourth-order valence-electron chi connectivity index (χ4n) is 1.32. The van der Waals surface area contributed by atoms with Gasteiger partial charge in [0, 0.05) is 6.42 Å². The Balaban J connectivity index is 2.65. The van der Waals surface area contributed by atoms with Crippen LogP contribution in [0.3, 0.4) is 0 Å². The fourth-order valence-corrected chi connectivity index (χ4v) is 1.32. The molecule has 1 aliphatic heterocycles. The van der Waals surface area contributed by atoms with E-state index in [0.717, 1.165) is 0 Å². The van der Waals surface area contributed by atoms with Gasteiger partial charge in [0.25, 0.3) is 0 Å². The van der Waals surface area contributed by atoms with Crippen LogP contribution in [-0.4, -0.2) is 29.8 Å². The Morgan fingerprint density at radius 1 is 1.53 bits per heavy atom. The molecule has 0 aromatic carbocycles.